The van der Waals surface area contributed by atoms with Crippen molar-refractivity contribution in [1.82, 2.24) is 9.55 Å². The first kappa shape index (κ1) is 26.0. The predicted molar refractivity (Wildman–Crippen MR) is 199 cm³/mol. The summed E-state index contributed by atoms with van der Waals surface area (Å²) in [5.41, 5.74) is 8.53. The van der Waals surface area contributed by atoms with Crippen LogP contribution in [0.15, 0.2) is 170 Å². The Balaban J connectivity index is 1.37. The van der Waals surface area contributed by atoms with Crippen molar-refractivity contribution in [2.24, 2.45) is 0 Å². The predicted octanol–water partition coefficient (Wildman–Crippen LogP) is 12.1. The van der Waals surface area contributed by atoms with Crippen LogP contribution < -0.4 is 0 Å². The van der Waals surface area contributed by atoms with Crippen LogP contribution in [0.3, 0.4) is 0 Å². The summed E-state index contributed by atoms with van der Waals surface area (Å²) >= 11 is 0. The molecule has 0 saturated heterocycles. The summed E-state index contributed by atoms with van der Waals surface area (Å²) < 4.78 is 2.40. The van der Waals surface area contributed by atoms with Gasteiger partial charge in [0.25, 0.3) is 0 Å². The molecular formula is C45H28N2. The SMILES string of the molecule is c1ccc(-n2c3ccncc3c3cc(-c4c5ccccc5c(-c5ccc6ccccc6c5)c5ccccc45)c4ccccc4c32)cc1. The number of pyridine rings is 1. The van der Waals surface area contributed by atoms with Crippen molar-refractivity contribution in [1.29, 1.82) is 0 Å². The van der Waals surface area contributed by atoms with Gasteiger partial charge < -0.3 is 4.57 Å². The van der Waals surface area contributed by atoms with E-state index in [1.54, 1.807) is 0 Å². The van der Waals surface area contributed by atoms with E-state index in [4.69, 9.17) is 0 Å². The standard InChI is InChI=1S/C45H28N2/c1-2-14-32(15-3-1)47-42-24-25-46-28-41(42)40-27-39(33-16-6-11-21-38(33)45(40)47)44-36-19-9-7-17-34(36)43(35-18-8-10-20-37(35)44)31-23-22-29-12-4-5-13-30(29)26-31/h1-28H. The molecule has 0 spiro atoms. The maximum atomic E-state index is 4.61. The van der Waals surface area contributed by atoms with Gasteiger partial charge in [-0.15, -0.1) is 0 Å². The summed E-state index contributed by atoms with van der Waals surface area (Å²) in [6.07, 6.45) is 3.92. The Morgan fingerprint density at radius 1 is 0.404 bits per heavy atom. The first-order valence-electron chi connectivity index (χ1n) is 16.1. The zero-order chi connectivity index (χ0) is 30.9. The second-order valence-corrected chi connectivity index (χ2v) is 12.3. The third-order valence-corrected chi connectivity index (χ3v) is 9.82. The van der Waals surface area contributed by atoms with Crippen LogP contribution in [-0.4, -0.2) is 9.55 Å². The molecule has 0 aliphatic heterocycles. The molecule has 0 bridgehead atoms. The number of aromatic nitrogens is 2. The normalized spacial score (nSPS) is 11.8. The Kier molecular flexibility index (Phi) is 5.61. The van der Waals surface area contributed by atoms with E-state index in [1.807, 2.05) is 12.4 Å². The maximum Gasteiger partial charge on any atom is 0.0620 e. The molecule has 10 rings (SSSR count). The fraction of sp³-hybridized carbons (Fsp3) is 0. The van der Waals surface area contributed by atoms with Crippen LogP contribution >= 0.6 is 0 Å². The molecule has 8 aromatic carbocycles. The van der Waals surface area contributed by atoms with E-state index in [0.29, 0.717) is 0 Å². The first-order valence-corrected chi connectivity index (χ1v) is 16.1. The average molecular weight is 597 g/mol. The van der Waals surface area contributed by atoms with Gasteiger partial charge in [0.15, 0.2) is 0 Å². The molecule has 2 aromatic heterocycles. The van der Waals surface area contributed by atoms with Gasteiger partial charge in [-0.25, -0.2) is 0 Å². The van der Waals surface area contributed by atoms with Gasteiger partial charge in [-0.3, -0.25) is 4.98 Å². The van der Waals surface area contributed by atoms with E-state index in [0.717, 1.165) is 16.6 Å². The minimum absolute atomic E-state index is 1.15. The maximum absolute atomic E-state index is 4.61. The van der Waals surface area contributed by atoms with E-state index < -0.39 is 0 Å². The molecule has 0 amide bonds. The molecule has 0 N–H and O–H groups in total. The minimum atomic E-state index is 1.15. The quantitative estimate of drug-likeness (QED) is 0.186. The average Bonchev–Trinajstić information content (AvgIpc) is 3.48. The molecule has 0 radical (unpaired) electrons. The van der Waals surface area contributed by atoms with Crippen molar-refractivity contribution < 1.29 is 0 Å². The number of hydrogen-bond acceptors (Lipinski definition) is 1. The number of fused-ring (bicyclic) bond motifs is 8. The zero-order valence-electron chi connectivity index (χ0n) is 25.6. The van der Waals surface area contributed by atoms with Gasteiger partial charge >= 0.3 is 0 Å². The van der Waals surface area contributed by atoms with E-state index in [9.17, 15) is 0 Å². The third kappa shape index (κ3) is 3.82. The van der Waals surface area contributed by atoms with Crippen LogP contribution in [0.5, 0.6) is 0 Å². The highest BCUT2D eigenvalue weighted by Gasteiger charge is 2.22. The molecule has 218 valence electrons. The molecule has 2 nitrogen and oxygen atoms in total. The van der Waals surface area contributed by atoms with Gasteiger partial charge in [0.05, 0.1) is 11.0 Å². The summed E-state index contributed by atoms with van der Waals surface area (Å²) in [6.45, 7) is 0. The molecule has 0 aliphatic rings. The molecule has 2 heterocycles. The Hall–Kier alpha value is -6.25. The van der Waals surface area contributed by atoms with Crippen molar-refractivity contribution >= 4 is 64.9 Å². The second-order valence-electron chi connectivity index (χ2n) is 12.3. The first-order chi connectivity index (χ1) is 23.3. The zero-order valence-corrected chi connectivity index (χ0v) is 25.6. The van der Waals surface area contributed by atoms with Crippen LogP contribution in [0, 0.1) is 0 Å². The summed E-state index contributed by atoms with van der Waals surface area (Å²) in [5.74, 6) is 0. The van der Waals surface area contributed by atoms with Crippen molar-refractivity contribution in [3.63, 3.8) is 0 Å². The molecule has 47 heavy (non-hydrogen) atoms. The van der Waals surface area contributed by atoms with Gasteiger partial charge in [-0.05, 0) is 90.3 Å². The number of benzene rings is 8. The van der Waals surface area contributed by atoms with Gasteiger partial charge in [-0.2, -0.15) is 0 Å². The largest absolute Gasteiger partial charge is 0.309 e. The number of para-hydroxylation sites is 1. The van der Waals surface area contributed by atoms with Crippen molar-refractivity contribution in [2.45, 2.75) is 0 Å². The highest BCUT2D eigenvalue weighted by Crippen LogP contribution is 2.48. The summed E-state index contributed by atoms with van der Waals surface area (Å²) in [5, 5.41) is 12.4. The molecular weight excluding hydrogens is 569 g/mol. The Morgan fingerprint density at radius 3 is 1.72 bits per heavy atom. The molecule has 0 atom stereocenters. The molecule has 2 heteroatoms. The highest BCUT2D eigenvalue weighted by atomic mass is 15.0. The Morgan fingerprint density at radius 2 is 1.00 bits per heavy atom. The van der Waals surface area contributed by atoms with Crippen molar-refractivity contribution in [3.05, 3.63) is 170 Å². The molecule has 0 aliphatic carbocycles. The van der Waals surface area contributed by atoms with Gasteiger partial charge in [0.1, 0.15) is 0 Å². The second kappa shape index (κ2) is 10.1. The van der Waals surface area contributed by atoms with Crippen LogP contribution in [0.25, 0.3) is 92.8 Å². The topological polar surface area (TPSA) is 17.8 Å². The number of nitrogens with zero attached hydrogens (tertiary/aromatic N) is 2. The fourth-order valence-corrected chi connectivity index (χ4v) is 7.84. The highest BCUT2D eigenvalue weighted by molar-refractivity contribution is 6.28. The van der Waals surface area contributed by atoms with Gasteiger partial charge in [0, 0.05) is 34.2 Å². The molecule has 0 unspecified atom stereocenters. The molecule has 10 aromatic rings. The molecule has 0 fully saturated rings. The number of hydrogen-bond donors (Lipinski definition) is 0. The summed E-state index contributed by atoms with van der Waals surface area (Å²) in [4.78, 5) is 4.61. The lowest BCUT2D eigenvalue weighted by Gasteiger charge is -2.20. The smallest absolute Gasteiger partial charge is 0.0620 e. The van der Waals surface area contributed by atoms with Gasteiger partial charge in [-0.1, -0.05) is 127 Å². The van der Waals surface area contributed by atoms with E-state index >= 15 is 0 Å². The van der Waals surface area contributed by atoms with Crippen LogP contribution in [0.1, 0.15) is 0 Å². The monoisotopic (exact) mass is 596 g/mol. The van der Waals surface area contributed by atoms with E-state index in [1.165, 1.54) is 76.2 Å². The lowest BCUT2D eigenvalue weighted by molar-refractivity contribution is 1.18. The lowest BCUT2D eigenvalue weighted by Crippen LogP contribution is -1.95. The summed E-state index contributed by atoms with van der Waals surface area (Å²) in [6, 6.07) is 57.5. The van der Waals surface area contributed by atoms with Gasteiger partial charge in [0.2, 0.25) is 0 Å². The van der Waals surface area contributed by atoms with Crippen LogP contribution in [-0.2, 0) is 0 Å². The van der Waals surface area contributed by atoms with Crippen molar-refractivity contribution in [3.8, 4) is 27.9 Å². The Bertz CT molecular complexity index is 2790. The molecule has 0 saturated carbocycles. The summed E-state index contributed by atoms with van der Waals surface area (Å²) in [7, 11) is 0. The number of rotatable bonds is 3. The van der Waals surface area contributed by atoms with E-state index in [2.05, 4.69) is 167 Å². The van der Waals surface area contributed by atoms with Crippen LogP contribution in [0.2, 0.25) is 0 Å². The Labute approximate surface area is 271 Å². The minimum Gasteiger partial charge on any atom is -0.309 e. The van der Waals surface area contributed by atoms with Crippen molar-refractivity contribution in [2.75, 3.05) is 0 Å². The third-order valence-electron chi connectivity index (χ3n) is 9.82. The lowest BCUT2D eigenvalue weighted by atomic mass is 9.84. The van der Waals surface area contributed by atoms with E-state index in [-0.39, 0.29) is 0 Å². The fourth-order valence-electron chi connectivity index (χ4n) is 7.84. The van der Waals surface area contributed by atoms with Crippen LogP contribution in [0.4, 0.5) is 0 Å².